The van der Waals surface area contributed by atoms with Crippen LogP contribution in [0.15, 0.2) is 71.1 Å². The van der Waals surface area contributed by atoms with Crippen molar-refractivity contribution in [1.82, 2.24) is 0 Å². The number of carbonyl (C=O) groups is 1. The van der Waals surface area contributed by atoms with Crippen molar-refractivity contribution >= 4 is 16.9 Å². The quantitative estimate of drug-likeness (QED) is 0.303. The van der Waals surface area contributed by atoms with E-state index < -0.39 is 0 Å². The number of hydrogen-bond acceptors (Lipinski definition) is 3. The number of benzene rings is 3. The lowest BCUT2D eigenvalue weighted by Crippen LogP contribution is -2.04. The van der Waals surface area contributed by atoms with Crippen molar-refractivity contribution in [1.29, 1.82) is 0 Å². The van der Waals surface area contributed by atoms with Crippen molar-refractivity contribution < 1.29 is 13.9 Å². The second-order valence-corrected chi connectivity index (χ2v) is 7.26. The van der Waals surface area contributed by atoms with E-state index in [0.29, 0.717) is 23.3 Å². The Bertz CT molecular complexity index is 1260. The highest BCUT2D eigenvalue weighted by atomic mass is 16.5. The van der Waals surface area contributed by atoms with Gasteiger partial charge in [-0.05, 0) is 51.1 Å². The lowest BCUT2D eigenvalue weighted by atomic mass is 10.1. The number of esters is 1. The van der Waals surface area contributed by atoms with Gasteiger partial charge in [0.25, 0.3) is 0 Å². The summed E-state index contributed by atoms with van der Waals surface area (Å²) in [6.07, 6.45) is 0. The summed E-state index contributed by atoms with van der Waals surface area (Å²) < 4.78 is 11.4. The smallest absolute Gasteiger partial charge is 0.338 e. The summed E-state index contributed by atoms with van der Waals surface area (Å²) in [4.78, 5) is 12.4. The molecule has 30 heavy (non-hydrogen) atoms. The van der Waals surface area contributed by atoms with E-state index in [1.165, 1.54) is 11.1 Å². The number of rotatable bonds is 3. The second kappa shape index (κ2) is 8.31. The van der Waals surface area contributed by atoms with E-state index in [4.69, 9.17) is 9.15 Å². The highest BCUT2D eigenvalue weighted by molar-refractivity contribution is 5.97. The standard InChI is InChI=1S/C27H22O3/c1-4-29-27(28)24-15-22(14-11-20-9-5-18(2)6-10-20)26-23(16-24)17-25(30-26)21-12-7-19(3)8-13-21/h5-10,12-13,15-17H,4H2,1-3H3. The summed E-state index contributed by atoms with van der Waals surface area (Å²) >= 11 is 0. The average molecular weight is 394 g/mol. The molecule has 1 aromatic heterocycles. The van der Waals surface area contributed by atoms with Gasteiger partial charge in [-0.3, -0.25) is 0 Å². The van der Waals surface area contributed by atoms with E-state index >= 15 is 0 Å². The average Bonchev–Trinajstić information content (AvgIpc) is 3.18. The molecule has 1 heterocycles. The first-order chi connectivity index (χ1) is 14.5. The molecule has 0 radical (unpaired) electrons. The van der Waals surface area contributed by atoms with E-state index in [1.54, 1.807) is 19.1 Å². The third kappa shape index (κ3) is 4.14. The summed E-state index contributed by atoms with van der Waals surface area (Å²) in [7, 11) is 0. The molecule has 0 spiro atoms. The van der Waals surface area contributed by atoms with Crippen LogP contribution in [0.25, 0.3) is 22.3 Å². The van der Waals surface area contributed by atoms with Gasteiger partial charge in [-0.2, -0.15) is 0 Å². The van der Waals surface area contributed by atoms with Gasteiger partial charge in [0.2, 0.25) is 0 Å². The van der Waals surface area contributed by atoms with E-state index in [2.05, 4.69) is 11.8 Å². The van der Waals surface area contributed by atoms with Crippen LogP contribution >= 0.6 is 0 Å². The summed E-state index contributed by atoms with van der Waals surface area (Å²) in [5.74, 6) is 6.73. The topological polar surface area (TPSA) is 39.4 Å². The lowest BCUT2D eigenvalue weighted by molar-refractivity contribution is 0.0526. The van der Waals surface area contributed by atoms with Crippen LogP contribution in [0.4, 0.5) is 0 Å². The van der Waals surface area contributed by atoms with Crippen LogP contribution in [-0.4, -0.2) is 12.6 Å². The minimum Gasteiger partial charge on any atom is -0.462 e. The van der Waals surface area contributed by atoms with Crippen LogP contribution in [0, 0.1) is 25.7 Å². The predicted octanol–water partition coefficient (Wildman–Crippen LogP) is 6.29. The molecule has 4 rings (SSSR count). The normalized spacial score (nSPS) is 10.5. The summed E-state index contributed by atoms with van der Waals surface area (Å²) in [5, 5.41) is 0.823. The maximum atomic E-state index is 12.4. The Morgan fingerprint density at radius 3 is 2.23 bits per heavy atom. The Morgan fingerprint density at radius 2 is 1.57 bits per heavy atom. The fourth-order valence-corrected chi connectivity index (χ4v) is 3.21. The molecule has 0 aliphatic heterocycles. The molecule has 3 heteroatoms. The molecule has 0 N–H and O–H groups in total. The highest BCUT2D eigenvalue weighted by Crippen LogP contribution is 2.31. The molecule has 0 fully saturated rings. The molecule has 0 aliphatic rings. The van der Waals surface area contributed by atoms with Gasteiger partial charge in [-0.1, -0.05) is 59.4 Å². The zero-order chi connectivity index (χ0) is 21.1. The highest BCUT2D eigenvalue weighted by Gasteiger charge is 2.15. The number of hydrogen-bond donors (Lipinski definition) is 0. The maximum absolute atomic E-state index is 12.4. The monoisotopic (exact) mass is 394 g/mol. The number of aryl methyl sites for hydroxylation is 2. The van der Waals surface area contributed by atoms with Crippen LogP contribution in [0.2, 0.25) is 0 Å². The van der Waals surface area contributed by atoms with Gasteiger partial charge in [0.1, 0.15) is 11.3 Å². The molecule has 0 atom stereocenters. The maximum Gasteiger partial charge on any atom is 0.338 e. The summed E-state index contributed by atoms with van der Waals surface area (Å²) in [6.45, 7) is 6.20. The van der Waals surface area contributed by atoms with Crippen molar-refractivity contribution in [2.24, 2.45) is 0 Å². The minimum absolute atomic E-state index is 0.321. The second-order valence-electron chi connectivity index (χ2n) is 7.26. The molecular formula is C27H22O3. The molecule has 0 bridgehead atoms. The minimum atomic E-state index is -0.365. The van der Waals surface area contributed by atoms with Crippen molar-refractivity contribution in [3.63, 3.8) is 0 Å². The first kappa shape index (κ1) is 19.5. The molecule has 4 aromatic rings. The molecule has 3 aromatic carbocycles. The van der Waals surface area contributed by atoms with Gasteiger partial charge in [0.05, 0.1) is 17.7 Å². The zero-order valence-electron chi connectivity index (χ0n) is 17.3. The fourth-order valence-electron chi connectivity index (χ4n) is 3.21. The molecule has 0 aliphatic carbocycles. The van der Waals surface area contributed by atoms with E-state index in [9.17, 15) is 4.79 Å². The Hall–Kier alpha value is -3.77. The largest absolute Gasteiger partial charge is 0.462 e. The number of fused-ring (bicyclic) bond motifs is 1. The Labute approximate surface area is 176 Å². The number of furan rings is 1. The van der Waals surface area contributed by atoms with Gasteiger partial charge in [0.15, 0.2) is 0 Å². The van der Waals surface area contributed by atoms with Crippen molar-refractivity contribution in [2.75, 3.05) is 6.61 Å². The lowest BCUT2D eigenvalue weighted by Gasteiger charge is -2.03. The Balaban J connectivity index is 1.84. The molecular weight excluding hydrogens is 372 g/mol. The third-order valence-electron chi connectivity index (χ3n) is 4.86. The number of carbonyl (C=O) groups excluding carboxylic acids is 1. The Morgan fingerprint density at radius 1 is 0.900 bits per heavy atom. The van der Waals surface area contributed by atoms with Gasteiger partial charge < -0.3 is 9.15 Å². The summed E-state index contributed by atoms with van der Waals surface area (Å²) in [6, 6.07) is 21.6. The van der Waals surface area contributed by atoms with E-state index in [0.717, 1.165) is 22.3 Å². The first-order valence-electron chi connectivity index (χ1n) is 9.94. The van der Waals surface area contributed by atoms with Crippen LogP contribution in [0.3, 0.4) is 0 Å². The van der Waals surface area contributed by atoms with Gasteiger partial charge in [0, 0.05) is 16.5 Å². The van der Waals surface area contributed by atoms with Gasteiger partial charge >= 0.3 is 5.97 Å². The van der Waals surface area contributed by atoms with Crippen molar-refractivity contribution in [3.05, 3.63) is 94.5 Å². The number of ether oxygens (including phenoxy) is 1. The van der Waals surface area contributed by atoms with Crippen LogP contribution < -0.4 is 0 Å². The molecule has 0 saturated heterocycles. The SMILES string of the molecule is CCOC(=O)c1cc(C#Cc2ccc(C)cc2)c2oc(-c3ccc(C)cc3)cc2c1. The first-order valence-corrected chi connectivity index (χ1v) is 9.94. The zero-order valence-corrected chi connectivity index (χ0v) is 17.3. The van der Waals surface area contributed by atoms with Crippen molar-refractivity contribution in [3.8, 4) is 23.2 Å². The molecule has 0 saturated carbocycles. The third-order valence-corrected chi connectivity index (χ3v) is 4.86. The van der Waals surface area contributed by atoms with Gasteiger partial charge in [-0.25, -0.2) is 4.79 Å². The van der Waals surface area contributed by atoms with Crippen molar-refractivity contribution in [2.45, 2.75) is 20.8 Å². The summed E-state index contributed by atoms with van der Waals surface area (Å²) in [5.41, 5.74) is 6.04. The van der Waals surface area contributed by atoms with Gasteiger partial charge in [-0.15, -0.1) is 0 Å². The molecule has 148 valence electrons. The molecule has 3 nitrogen and oxygen atoms in total. The van der Waals surface area contributed by atoms with E-state index in [-0.39, 0.29) is 5.97 Å². The fraction of sp³-hybridized carbons (Fsp3) is 0.148. The predicted molar refractivity (Wildman–Crippen MR) is 120 cm³/mol. The van der Waals surface area contributed by atoms with E-state index in [1.807, 2.05) is 68.4 Å². The van der Waals surface area contributed by atoms with Crippen LogP contribution in [-0.2, 0) is 4.74 Å². The Kier molecular flexibility index (Phi) is 5.41. The van der Waals surface area contributed by atoms with Crippen LogP contribution in [0.5, 0.6) is 0 Å². The molecule has 0 amide bonds. The molecule has 0 unspecified atom stereocenters. The van der Waals surface area contributed by atoms with Crippen LogP contribution in [0.1, 0.15) is 39.5 Å².